The van der Waals surface area contributed by atoms with Crippen molar-refractivity contribution in [3.05, 3.63) is 35.7 Å². The molecular weight excluding hydrogens is 432 g/mol. The third-order valence-electron chi connectivity index (χ3n) is 5.00. The summed E-state index contributed by atoms with van der Waals surface area (Å²) in [4.78, 5) is 18.8. The zero-order valence-corrected chi connectivity index (χ0v) is 19.3. The Morgan fingerprint density at radius 2 is 2.03 bits per heavy atom. The van der Waals surface area contributed by atoms with E-state index in [1.54, 1.807) is 29.0 Å². The van der Waals surface area contributed by atoms with Crippen molar-refractivity contribution >= 4 is 40.7 Å². The second kappa shape index (κ2) is 8.78. The van der Waals surface area contributed by atoms with E-state index in [1.165, 1.54) is 0 Å². The van der Waals surface area contributed by atoms with Gasteiger partial charge in [0.15, 0.2) is 5.65 Å². The van der Waals surface area contributed by atoms with E-state index in [0.29, 0.717) is 29.2 Å². The monoisotopic (exact) mass is 458 g/mol. The molecule has 1 amide bonds. The van der Waals surface area contributed by atoms with Crippen LogP contribution in [0, 0.1) is 5.92 Å². The zero-order valence-electron chi connectivity index (χ0n) is 18.5. The van der Waals surface area contributed by atoms with Crippen LogP contribution < -0.4 is 15.5 Å². The molecule has 170 valence electrons. The van der Waals surface area contributed by atoms with Gasteiger partial charge in [-0.3, -0.25) is 4.98 Å². The minimum absolute atomic E-state index is 0.0380. The number of hydrogen-bond acceptors (Lipinski definition) is 8. The molecule has 11 heteroatoms. The van der Waals surface area contributed by atoms with Crippen LogP contribution in [0.4, 0.5) is 22.1 Å². The molecule has 0 saturated carbocycles. The second-order valence-electron chi connectivity index (χ2n) is 9.06. The van der Waals surface area contributed by atoms with E-state index < -0.39 is 11.7 Å². The molecule has 1 fully saturated rings. The van der Waals surface area contributed by atoms with Crippen LogP contribution in [-0.4, -0.2) is 55.6 Å². The number of rotatable bonds is 4. The number of piperidine rings is 1. The number of anilines is 3. The number of fused-ring (bicyclic) bond motifs is 1. The Morgan fingerprint density at radius 1 is 1.22 bits per heavy atom. The number of alkyl carbamates (subject to hydrolysis) is 1. The molecular formula is C21H27ClN8O2. The highest BCUT2D eigenvalue weighted by molar-refractivity contribution is 6.29. The number of halogens is 1. The largest absolute Gasteiger partial charge is 0.444 e. The Balaban J connectivity index is 1.54. The normalized spacial score (nSPS) is 19.1. The van der Waals surface area contributed by atoms with Crippen molar-refractivity contribution in [3.8, 4) is 0 Å². The molecule has 3 aromatic heterocycles. The molecule has 10 nitrogen and oxygen atoms in total. The SMILES string of the molecule is C[C@H]1C[C@@H](NC(=O)OC(C)(C)C)CN(c2ccncc2Nc2nnc3ccc(Cl)nn23)C1. The molecule has 1 aliphatic rings. The summed E-state index contributed by atoms with van der Waals surface area (Å²) < 4.78 is 6.98. The number of carbonyl (C=O) groups excluding carboxylic acids is 1. The van der Waals surface area contributed by atoms with Crippen LogP contribution >= 0.6 is 11.6 Å². The van der Waals surface area contributed by atoms with Gasteiger partial charge in [-0.05, 0) is 51.3 Å². The number of nitrogens with one attached hydrogen (secondary N) is 2. The van der Waals surface area contributed by atoms with Crippen molar-refractivity contribution in [1.82, 2.24) is 30.1 Å². The molecule has 2 N–H and O–H groups in total. The predicted molar refractivity (Wildman–Crippen MR) is 122 cm³/mol. The summed E-state index contributed by atoms with van der Waals surface area (Å²) in [7, 11) is 0. The number of amides is 1. The molecule has 4 heterocycles. The van der Waals surface area contributed by atoms with Crippen LogP contribution in [-0.2, 0) is 4.74 Å². The second-order valence-corrected chi connectivity index (χ2v) is 9.44. The lowest BCUT2D eigenvalue weighted by Crippen LogP contribution is -2.51. The Hall–Kier alpha value is -3.14. The van der Waals surface area contributed by atoms with Crippen LogP contribution in [0.2, 0.25) is 5.15 Å². The zero-order chi connectivity index (χ0) is 22.9. The third-order valence-corrected chi connectivity index (χ3v) is 5.20. The molecule has 3 aromatic rings. The maximum absolute atomic E-state index is 12.3. The molecule has 0 aromatic carbocycles. The molecule has 4 rings (SSSR count). The number of hydrogen-bond donors (Lipinski definition) is 2. The van der Waals surface area contributed by atoms with Gasteiger partial charge in [0.25, 0.3) is 5.95 Å². The van der Waals surface area contributed by atoms with E-state index in [0.717, 1.165) is 24.3 Å². The number of pyridine rings is 1. The van der Waals surface area contributed by atoms with Crippen LogP contribution in [0.15, 0.2) is 30.6 Å². The molecule has 2 atom stereocenters. The first kappa shape index (κ1) is 22.1. The maximum Gasteiger partial charge on any atom is 0.407 e. The average Bonchev–Trinajstić information content (AvgIpc) is 3.08. The standard InChI is InChI=1S/C21H27ClN8O2/c1-13-9-14(24-20(31)32-21(2,3)4)12-29(11-13)16-7-8-23-10-15(16)25-19-27-26-18-6-5-17(22)28-30(18)19/h5-8,10,13-14H,9,11-12H2,1-4H3,(H,24,31)(H,25,27)/t13-,14+/m0/s1. The Labute approximate surface area is 191 Å². The summed E-state index contributed by atoms with van der Waals surface area (Å²) in [6, 6.07) is 5.31. The molecule has 1 saturated heterocycles. The average molecular weight is 459 g/mol. The van der Waals surface area contributed by atoms with Crippen LogP contribution in [0.5, 0.6) is 0 Å². The Morgan fingerprint density at radius 3 is 2.81 bits per heavy atom. The number of ether oxygens (including phenoxy) is 1. The quantitative estimate of drug-likeness (QED) is 0.609. The molecule has 1 aliphatic heterocycles. The van der Waals surface area contributed by atoms with E-state index in [9.17, 15) is 4.79 Å². The molecule has 0 radical (unpaired) electrons. The molecule has 32 heavy (non-hydrogen) atoms. The number of aromatic nitrogens is 5. The lowest BCUT2D eigenvalue weighted by Gasteiger charge is -2.39. The van der Waals surface area contributed by atoms with Gasteiger partial charge in [0, 0.05) is 25.3 Å². The van der Waals surface area contributed by atoms with Crippen molar-refractivity contribution in [2.24, 2.45) is 5.92 Å². The molecule has 0 bridgehead atoms. The maximum atomic E-state index is 12.3. The van der Waals surface area contributed by atoms with Gasteiger partial charge in [-0.25, -0.2) is 4.79 Å². The summed E-state index contributed by atoms with van der Waals surface area (Å²) in [6.45, 7) is 9.22. The van der Waals surface area contributed by atoms with E-state index in [2.05, 4.69) is 42.7 Å². The fourth-order valence-electron chi connectivity index (χ4n) is 3.85. The van der Waals surface area contributed by atoms with E-state index >= 15 is 0 Å². The van der Waals surface area contributed by atoms with Crippen molar-refractivity contribution in [3.63, 3.8) is 0 Å². The van der Waals surface area contributed by atoms with Gasteiger partial charge in [-0.1, -0.05) is 18.5 Å². The van der Waals surface area contributed by atoms with E-state index in [-0.39, 0.29) is 6.04 Å². The minimum Gasteiger partial charge on any atom is -0.444 e. The summed E-state index contributed by atoms with van der Waals surface area (Å²) in [5, 5.41) is 19.2. The van der Waals surface area contributed by atoms with Crippen molar-refractivity contribution in [2.45, 2.75) is 45.8 Å². The highest BCUT2D eigenvalue weighted by Crippen LogP contribution is 2.31. The lowest BCUT2D eigenvalue weighted by atomic mass is 9.95. The van der Waals surface area contributed by atoms with Crippen LogP contribution in [0.25, 0.3) is 5.65 Å². The topological polar surface area (TPSA) is 110 Å². The summed E-state index contributed by atoms with van der Waals surface area (Å²) in [5.41, 5.74) is 1.75. The van der Waals surface area contributed by atoms with Gasteiger partial charge in [0.05, 0.1) is 17.6 Å². The van der Waals surface area contributed by atoms with Gasteiger partial charge in [-0.15, -0.1) is 10.2 Å². The minimum atomic E-state index is -0.538. The molecule has 0 spiro atoms. The van der Waals surface area contributed by atoms with Gasteiger partial charge in [-0.2, -0.15) is 9.61 Å². The Bertz CT molecular complexity index is 1110. The van der Waals surface area contributed by atoms with E-state index in [4.69, 9.17) is 16.3 Å². The van der Waals surface area contributed by atoms with Gasteiger partial charge < -0.3 is 20.3 Å². The lowest BCUT2D eigenvalue weighted by molar-refractivity contribution is 0.0495. The first-order valence-corrected chi connectivity index (χ1v) is 10.9. The molecule has 0 aliphatic carbocycles. The smallest absolute Gasteiger partial charge is 0.407 e. The van der Waals surface area contributed by atoms with Gasteiger partial charge in [0.2, 0.25) is 0 Å². The Kier molecular flexibility index (Phi) is 6.05. The highest BCUT2D eigenvalue weighted by atomic mass is 35.5. The first-order valence-electron chi connectivity index (χ1n) is 10.5. The summed E-state index contributed by atoms with van der Waals surface area (Å²) >= 11 is 6.04. The van der Waals surface area contributed by atoms with Crippen molar-refractivity contribution in [1.29, 1.82) is 0 Å². The van der Waals surface area contributed by atoms with Gasteiger partial charge >= 0.3 is 6.09 Å². The summed E-state index contributed by atoms with van der Waals surface area (Å²) in [5.74, 6) is 0.810. The van der Waals surface area contributed by atoms with Crippen LogP contribution in [0.3, 0.4) is 0 Å². The number of nitrogens with zero attached hydrogens (tertiary/aromatic N) is 6. The molecule has 0 unspecified atom stereocenters. The van der Waals surface area contributed by atoms with Crippen LogP contribution in [0.1, 0.15) is 34.1 Å². The number of carbonyl (C=O) groups is 1. The third kappa shape index (κ3) is 5.18. The predicted octanol–water partition coefficient (Wildman–Crippen LogP) is 3.66. The fourth-order valence-corrected chi connectivity index (χ4v) is 3.99. The van der Waals surface area contributed by atoms with Crippen molar-refractivity contribution in [2.75, 3.05) is 23.3 Å². The van der Waals surface area contributed by atoms with Gasteiger partial charge in [0.1, 0.15) is 10.8 Å². The van der Waals surface area contributed by atoms with E-state index in [1.807, 2.05) is 26.8 Å². The van der Waals surface area contributed by atoms with Crippen molar-refractivity contribution < 1.29 is 9.53 Å². The summed E-state index contributed by atoms with van der Waals surface area (Å²) in [6.07, 6.45) is 3.95. The fraction of sp³-hybridized carbons (Fsp3) is 0.476. The first-order chi connectivity index (χ1) is 15.2. The highest BCUT2D eigenvalue weighted by Gasteiger charge is 2.29.